The molecule has 0 amide bonds. The van der Waals surface area contributed by atoms with Gasteiger partial charge in [0.05, 0.1) is 5.75 Å². The lowest BCUT2D eigenvalue weighted by Gasteiger charge is -2.13. The Morgan fingerprint density at radius 3 is 2.75 bits per heavy atom. The second-order valence-electron chi connectivity index (χ2n) is 3.60. The predicted molar refractivity (Wildman–Crippen MR) is 65.8 cm³/mol. The van der Waals surface area contributed by atoms with Crippen molar-refractivity contribution in [3.63, 3.8) is 0 Å². The molecule has 0 spiro atoms. The van der Waals surface area contributed by atoms with E-state index >= 15 is 0 Å². The lowest BCUT2D eigenvalue weighted by Crippen LogP contribution is -2.28. The molecular weight excluding hydrogens is 248 g/mol. The summed E-state index contributed by atoms with van der Waals surface area (Å²) < 4.78 is 21.4. The van der Waals surface area contributed by atoms with Crippen molar-refractivity contribution in [1.82, 2.24) is 5.32 Å². The van der Waals surface area contributed by atoms with Gasteiger partial charge in [0.1, 0.15) is 0 Å². The molecule has 0 saturated heterocycles. The van der Waals surface area contributed by atoms with Crippen LogP contribution in [-0.4, -0.2) is 20.7 Å². The number of halogens is 1. The maximum atomic E-state index is 10.7. The van der Waals surface area contributed by atoms with Crippen LogP contribution in [0.3, 0.4) is 0 Å². The Hall–Kier alpha value is -0.620. The smallest absolute Gasteiger partial charge is 0.210 e. The summed E-state index contributed by atoms with van der Waals surface area (Å²) in [4.78, 5) is 0. The molecule has 1 aromatic carbocycles. The molecule has 16 heavy (non-hydrogen) atoms. The van der Waals surface area contributed by atoms with Crippen LogP contribution in [0.5, 0.6) is 0 Å². The summed E-state index contributed by atoms with van der Waals surface area (Å²) in [6.45, 7) is 2.27. The van der Waals surface area contributed by atoms with Crippen molar-refractivity contribution in [2.24, 2.45) is 5.14 Å². The van der Waals surface area contributed by atoms with Crippen molar-refractivity contribution >= 4 is 21.6 Å². The minimum Gasteiger partial charge on any atom is -0.309 e. The Morgan fingerprint density at radius 1 is 1.50 bits per heavy atom. The van der Waals surface area contributed by atoms with Crippen molar-refractivity contribution in [2.45, 2.75) is 13.0 Å². The van der Waals surface area contributed by atoms with E-state index in [0.717, 1.165) is 5.56 Å². The van der Waals surface area contributed by atoms with Crippen molar-refractivity contribution < 1.29 is 8.42 Å². The van der Waals surface area contributed by atoms with Crippen LogP contribution in [0.2, 0.25) is 5.02 Å². The third kappa shape index (κ3) is 4.94. The monoisotopic (exact) mass is 262 g/mol. The third-order valence-electron chi connectivity index (χ3n) is 2.19. The molecule has 0 aliphatic heterocycles. The van der Waals surface area contributed by atoms with Gasteiger partial charge in [-0.05, 0) is 24.6 Å². The highest BCUT2D eigenvalue weighted by Gasteiger charge is 2.07. The molecule has 0 radical (unpaired) electrons. The molecule has 0 saturated carbocycles. The molecular formula is C10H15ClN2O2S. The van der Waals surface area contributed by atoms with Crippen molar-refractivity contribution in [3.8, 4) is 0 Å². The van der Waals surface area contributed by atoms with Gasteiger partial charge in [0.15, 0.2) is 0 Å². The van der Waals surface area contributed by atoms with Gasteiger partial charge in [-0.3, -0.25) is 0 Å². The second kappa shape index (κ2) is 5.63. The van der Waals surface area contributed by atoms with Crippen LogP contribution < -0.4 is 10.5 Å². The topological polar surface area (TPSA) is 72.2 Å². The minimum atomic E-state index is -3.40. The summed E-state index contributed by atoms with van der Waals surface area (Å²) in [6, 6.07) is 7.47. The SMILES string of the molecule is C[C@H](NCCS(N)(=O)=O)c1cccc(Cl)c1. The molecule has 90 valence electrons. The first kappa shape index (κ1) is 13.4. The Labute approximate surface area is 101 Å². The van der Waals surface area contributed by atoms with Crippen LogP contribution in [0.4, 0.5) is 0 Å². The van der Waals surface area contributed by atoms with Gasteiger partial charge in [-0.15, -0.1) is 0 Å². The number of hydrogen-bond acceptors (Lipinski definition) is 3. The highest BCUT2D eigenvalue weighted by atomic mass is 35.5. The van der Waals surface area contributed by atoms with Gasteiger partial charge in [0, 0.05) is 17.6 Å². The van der Waals surface area contributed by atoms with E-state index < -0.39 is 10.0 Å². The molecule has 1 aromatic rings. The normalized spacial score (nSPS) is 13.7. The van der Waals surface area contributed by atoms with Gasteiger partial charge in [-0.25, -0.2) is 13.6 Å². The molecule has 0 aliphatic rings. The zero-order valence-electron chi connectivity index (χ0n) is 8.98. The van der Waals surface area contributed by atoms with Crippen molar-refractivity contribution in [2.75, 3.05) is 12.3 Å². The van der Waals surface area contributed by atoms with E-state index in [1.807, 2.05) is 25.1 Å². The zero-order valence-corrected chi connectivity index (χ0v) is 10.6. The number of nitrogens with one attached hydrogen (secondary N) is 1. The van der Waals surface area contributed by atoms with Crippen molar-refractivity contribution in [1.29, 1.82) is 0 Å². The first-order chi connectivity index (χ1) is 7.38. The van der Waals surface area contributed by atoms with Crippen LogP contribution in [-0.2, 0) is 10.0 Å². The second-order valence-corrected chi connectivity index (χ2v) is 5.77. The van der Waals surface area contributed by atoms with E-state index in [4.69, 9.17) is 16.7 Å². The van der Waals surface area contributed by atoms with Gasteiger partial charge >= 0.3 is 0 Å². The molecule has 0 fully saturated rings. The lowest BCUT2D eigenvalue weighted by atomic mass is 10.1. The molecule has 0 heterocycles. The Bertz CT molecular complexity index is 448. The van der Waals surface area contributed by atoms with Crippen LogP contribution in [0.1, 0.15) is 18.5 Å². The average Bonchev–Trinajstić information content (AvgIpc) is 2.15. The summed E-state index contributed by atoms with van der Waals surface area (Å²) in [7, 11) is -3.40. The standard InChI is InChI=1S/C10H15ClN2O2S/c1-8(13-5-6-16(12,14)15)9-3-2-4-10(11)7-9/h2-4,7-8,13H,5-6H2,1H3,(H2,12,14,15)/t8-/m0/s1. The van der Waals surface area contributed by atoms with Gasteiger partial charge in [0.25, 0.3) is 0 Å². The van der Waals surface area contributed by atoms with Gasteiger partial charge < -0.3 is 5.32 Å². The van der Waals surface area contributed by atoms with E-state index in [1.54, 1.807) is 6.07 Å². The number of rotatable bonds is 5. The van der Waals surface area contributed by atoms with Gasteiger partial charge in [-0.1, -0.05) is 23.7 Å². The molecule has 1 atom stereocenters. The van der Waals surface area contributed by atoms with Crippen molar-refractivity contribution in [3.05, 3.63) is 34.9 Å². The average molecular weight is 263 g/mol. The van der Waals surface area contributed by atoms with Gasteiger partial charge in [0.2, 0.25) is 10.0 Å². The molecule has 0 aliphatic carbocycles. The van der Waals surface area contributed by atoms with Crippen LogP contribution in [0, 0.1) is 0 Å². The third-order valence-corrected chi connectivity index (χ3v) is 3.19. The number of sulfonamides is 1. The molecule has 3 N–H and O–H groups in total. The maximum Gasteiger partial charge on any atom is 0.210 e. The summed E-state index contributed by atoms with van der Waals surface area (Å²) in [6.07, 6.45) is 0. The van der Waals surface area contributed by atoms with Crippen LogP contribution >= 0.6 is 11.6 Å². The fourth-order valence-electron chi connectivity index (χ4n) is 1.31. The predicted octanol–water partition coefficient (Wildman–Crippen LogP) is 1.28. The van der Waals surface area contributed by atoms with E-state index in [-0.39, 0.29) is 11.8 Å². The Balaban J connectivity index is 2.50. The number of benzene rings is 1. The summed E-state index contributed by atoms with van der Waals surface area (Å²) in [5.41, 5.74) is 1.02. The van der Waals surface area contributed by atoms with E-state index in [9.17, 15) is 8.42 Å². The van der Waals surface area contributed by atoms with E-state index in [0.29, 0.717) is 11.6 Å². The summed E-state index contributed by atoms with van der Waals surface area (Å²) >= 11 is 5.85. The van der Waals surface area contributed by atoms with Gasteiger partial charge in [-0.2, -0.15) is 0 Å². The number of nitrogens with two attached hydrogens (primary N) is 1. The van der Waals surface area contributed by atoms with E-state index in [2.05, 4.69) is 5.32 Å². The maximum absolute atomic E-state index is 10.7. The molecule has 4 nitrogen and oxygen atoms in total. The largest absolute Gasteiger partial charge is 0.309 e. The van der Waals surface area contributed by atoms with E-state index in [1.165, 1.54) is 0 Å². The highest BCUT2D eigenvalue weighted by Crippen LogP contribution is 2.16. The molecule has 0 aromatic heterocycles. The first-order valence-corrected chi connectivity index (χ1v) is 6.97. The summed E-state index contributed by atoms with van der Waals surface area (Å²) in [5, 5.41) is 8.62. The number of primary sulfonamides is 1. The lowest BCUT2D eigenvalue weighted by molar-refractivity contribution is 0.573. The fourth-order valence-corrected chi connectivity index (χ4v) is 1.91. The quantitative estimate of drug-likeness (QED) is 0.840. The Morgan fingerprint density at radius 2 is 2.19 bits per heavy atom. The molecule has 1 rings (SSSR count). The first-order valence-electron chi connectivity index (χ1n) is 4.88. The molecule has 6 heteroatoms. The molecule has 0 bridgehead atoms. The zero-order chi connectivity index (χ0) is 12.2. The summed E-state index contributed by atoms with van der Waals surface area (Å²) in [5.74, 6) is -0.0715. The van der Waals surface area contributed by atoms with Crippen LogP contribution in [0.25, 0.3) is 0 Å². The Kier molecular flexibility index (Phi) is 4.73. The highest BCUT2D eigenvalue weighted by molar-refractivity contribution is 7.89. The molecule has 0 unspecified atom stereocenters. The fraction of sp³-hybridized carbons (Fsp3) is 0.400. The number of hydrogen-bond donors (Lipinski definition) is 2. The minimum absolute atomic E-state index is 0.0421. The van der Waals surface area contributed by atoms with Crippen LogP contribution in [0.15, 0.2) is 24.3 Å².